The van der Waals surface area contributed by atoms with Gasteiger partial charge in [0, 0.05) is 28.8 Å². The van der Waals surface area contributed by atoms with Gasteiger partial charge in [-0.05, 0) is 52.3 Å². The van der Waals surface area contributed by atoms with E-state index in [0.717, 1.165) is 16.9 Å². The molecule has 0 atom stereocenters. The third-order valence-electron chi connectivity index (χ3n) is 3.23. The first-order chi connectivity index (χ1) is 10.5. The molecule has 0 unspecified atom stereocenters. The molecule has 3 rings (SSSR count). The second kappa shape index (κ2) is 5.65. The first-order valence-corrected chi connectivity index (χ1v) is 7.30. The lowest BCUT2D eigenvalue weighted by molar-refractivity contribution is -0.112. The van der Waals surface area contributed by atoms with Crippen molar-refractivity contribution in [3.05, 3.63) is 58.8 Å². The number of nitrogens with one attached hydrogen (secondary N) is 3. The number of fused-ring (bicyclic) bond motifs is 1. The Hall–Kier alpha value is -2.60. The summed E-state index contributed by atoms with van der Waals surface area (Å²) in [7, 11) is 0. The molecule has 0 saturated carbocycles. The maximum absolute atomic E-state index is 12.1. The summed E-state index contributed by atoms with van der Waals surface area (Å²) >= 11 is 3.03. The Morgan fingerprint density at radius 1 is 1.32 bits per heavy atom. The minimum absolute atomic E-state index is 0.169. The van der Waals surface area contributed by atoms with Crippen LogP contribution in [0.15, 0.2) is 47.6 Å². The normalized spacial score (nSPS) is 14.6. The molecular formula is C16H12BrN3O2. The highest BCUT2D eigenvalue weighted by molar-refractivity contribution is 9.12. The first kappa shape index (κ1) is 14.3. The van der Waals surface area contributed by atoms with Crippen LogP contribution in [-0.4, -0.2) is 16.8 Å². The molecule has 0 fully saturated rings. The van der Waals surface area contributed by atoms with E-state index in [2.05, 4.69) is 38.1 Å². The number of aromatic nitrogens is 1. The number of amides is 2. The summed E-state index contributed by atoms with van der Waals surface area (Å²) in [6.45, 7) is 3.52. The smallest absolute Gasteiger partial charge is 0.262 e. The fourth-order valence-electron chi connectivity index (χ4n) is 2.20. The minimum Gasteiger partial charge on any atom is -0.362 e. The molecule has 0 spiro atoms. The number of hydrogen-bond donors (Lipinski definition) is 3. The Bertz CT molecular complexity index is 807. The van der Waals surface area contributed by atoms with Crippen LogP contribution in [0.1, 0.15) is 11.3 Å². The third kappa shape index (κ3) is 2.73. The van der Waals surface area contributed by atoms with Crippen LogP contribution >= 0.6 is 15.9 Å². The third-order valence-corrected chi connectivity index (χ3v) is 3.59. The average Bonchev–Trinajstić information content (AvgIpc) is 3.08. The molecule has 0 bridgehead atoms. The average molecular weight is 358 g/mol. The van der Waals surface area contributed by atoms with Crippen molar-refractivity contribution in [2.75, 3.05) is 10.6 Å². The van der Waals surface area contributed by atoms with Gasteiger partial charge in [-0.15, -0.1) is 0 Å². The van der Waals surface area contributed by atoms with Gasteiger partial charge in [0.2, 0.25) is 0 Å². The van der Waals surface area contributed by atoms with E-state index in [1.54, 1.807) is 30.5 Å². The van der Waals surface area contributed by atoms with Gasteiger partial charge in [-0.1, -0.05) is 6.58 Å². The predicted molar refractivity (Wildman–Crippen MR) is 90.4 cm³/mol. The van der Waals surface area contributed by atoms with E-state index >= 15 is 0 Å². The Morgan fingerprint density at radius 3 is 2.82 bits per heavy atom. The number of rotatable bonds is 3. The van der Waals surface area contributed by atoms with Crippen LogP contribution in [0.2, 0.25) is 0 Å². The van der Waals surface area contributed by atoms with Crippen molar-refractivity contribution in [1.82, 2.24) is 4.98 Å². The lowest BCUT2D eigenvalue weighted by Gasteiger charge is -2.06. The summed E-state index contributed by atoms with van der Waals surface area (Å²) in [6, 6.07) is 8.98. The van der Waals surface area contributed by atoms with E-state index in [9.17, 15) is 9.59 Å². The van der Waals surface area contributed by atoms with Crippen LogP contribution in [0.3, 0.4) is 0 Å². The molecule has 5 nitrogen and oxygen atoms in total. The molecule has 0 saturated heterocycles. The van der Waals surface area contributed by atoms with Gasteiger partial charge in [-0.3, -0.25) is 9.59 Å². The topological polar surface area (TPSA) is 74.0 Å². The fourth-order valence-corrected chi connectivity index (χ4v) is 2.30. The molecule has 22 heavy (non-hydrogen) atoms. The summed E-state index contributed by atoms with van der Waals surface area (Å²) < 4.78 is 0.240. The number of halogens is 1. The molecule has 1 aliphatic rings. The highest BCUT2D eigenvalue weighted by Gasteiger charge is 2.24. The van der Waals surface area contributed by atoms with E-state index in [-0.39, 0.29) is 16.3 Å². The molecule has 0 aliphatic carbocycles. The van der Waals surface area contributed by atoms with E-state index in [0.29, 0.717) is 11.3 Å². The second-order valence-electron chi connectivity index (χ2n) is 4.76. The fraction of sp³-hybridized carbons (Fsp3) is 0. The molecule has 6 heteroatoms. The van der Waals surface area contributed by atoms with Crippen molar-refractivity contribution in [3.63, 3.8) is 0 Å². The molecule has 2 amide bonds. The minimum atomic E-state index is -0.327. The monoisotopic (exact) mass is 357 g/mol. The standard InChI is InChI=1S/C16H12BrN3O2/c1-9(17)15(21)19-11-4-5-14-12(8-11)13(16(22)20-14)7-10-3-2-6-18-10/h2-8,18H,1H2,(H,19,21)(H,20,22)/b13-7+. The van der Waals surface area contributed by atoms with Gasteiger partial charge in [0.25, 0.3) is 11.8 Å². The van der Waals surface area contributed by atoms with Gasteiger partial charge in [0.1, 0.15) is 0 Å². The van der Waals surface area contributed by atoms with Crippen molar-refractivity contribution in [3.8, 4) is 0 Å². The van der Waals surface area contributed by atoms with Crippen molar-refractivity contribution in [1.29, 1.82) is 0 Å². The Kier molecular flexibility index (Phi) is 3.68. The van der Waals surface area contributed by atoms with Crippen molar-refractivity contribution in [2.24, 2.45) is 0 Å². The maximum atomic E-state index is 12.1. The molecule has 2 aromatic rings. The van der Waals surface area contributed by atoms with Crippen molar-refractivity contribution in [2.45, 2.75) is 0 Å². The molecule has 1 aromatic heterocycles. The number of anilines is 2. The van der Waals surface area contributed by atoms with Gasteiger partial charge >= 0.3 is 0 Å². The zero-order chi connectivity index (χ0) is 15.7. The van der Waals surface area contributed by atoms with Crippen LogP contribution in [-0.2, 0) is 9.59 Å². The van der Waals surface area contributed by atoms with Crippen LogP contribution in [0.4, 0.5) is 11.4 Å². The summed E-state index contributed by atoms with van der Waals surface area (Å²) in [6.07, 6.45) is 3.56. The van der Waals surface area contributed by atoms with Gasteiger partial charge in [-0.25, -0.2) is 0 Å². The largest absolute Gasteiger partial charge is 0.362 e. The van der Waals surface area contributed by atoms with E-state index in [4.69, 9.17) is 0 Å². The van der Waals surface area contributed by atoms with Gasteiger partial charge < -0.3 is 15.6 Å². The zero-order valence-electron chi connectivity index (χ0n) is 11.4. The van der Waals surface area contributed by atoms with Crippen molar-refractivity contribution >= 4 is 50.8 Å². The maximum Gasteiger partial charge on any atom is 0.262 e. The highest BCUT2D eigenvalue weighted by atomic mass is 79.9. The summed E-state index contributed by atoms with van der Waals surface area (Å²) in [4.78, 5) is 26.8. The Morgan fingerprint density at radius 2 is 2.14 bits per heavy atom. The molecular weight excluding hydrogens is 346 g/mol. The molecule has 1 aliphatic heterocycles. The number of aromatic amines is 1. The molecule has 110 valence electrons. The number of carbonyl (C=O) groups excluding carboxylic acids is 2. The van der Waals surface area contributed by atoms with Gasteiger partial charge in [0.15, 0.2) is 0 Å². The molecule has 1 aromatic carbocycles. The first-order valence-electron chi connectivity index (χ1n) is 6.51. The molecule has 2 heterocycles. The highest BCUT2D eigenvalue weighted by Crippen LogP contribution is 2.35. The number of hydrogen-bond acceptors (Lipinski definition) is 2. The van der Waals surface area contributed by atoms with Crippen LogP contribution in [0, 0.1) is 0 Å². The summed E-state index contributed by atoms with van der Waals surface area (Å²) in [5.41, 5.74) is 3.45. The van der Waals surface area contributed by atoms with E-state index in [1.807, 2.05) is 12.1 Å². The molecule has 3 N–H and O–H groups in total. The Labute approximate surface area is 135 Å². The summed E-state index contributed by atoms with van der Waals surface area (Å²) in [5, 5.41) is 5.51. The van der Waals surface area contributed by atoms with Crippen LogP contribution in [0.5, 0.6) is 0 Å². The number of H-pyrrole nitrogens is 1. The Balaban J connectivity index is 1.97. The van der Waals surface area contributed by atoms with Crippen molar-refractivity contribution < 1.29 is 9.59 Å². The number of benzene rings is 1. The van der Waals surface area contributed by atoms with E-state index < -0.39 is 0 Å². The predicted octanol–water partition coefficient (Wildman–Crippen LogP) is 3.35. The van der Waals surface area contributed by atoms with Gasteiger partial charge in [0.05, 0.1) is 10.1 Å². The SMILES string of the molecule is C=C(Br)C(=O)Nc1ccc2c(c1)/C(=C\c1ccc[nH]1)C(=O)N2. The molecule has 0 radical (unpaired) electrons. The van der Waals surface area contributed by atoms with Gasteiger partial charge in [-0.2, -0.15) is 0 Å². The summed E-state index contributed by atoms with van der Waals surface area (Å²) in [5.74, 6) is -0.495. The van der Waals surface area contributed by atoms with E-state index in [1.165, 1.54) is 0 Å². The lowest BCUT2D eigenvalue weighted by atomic mass is 10.1. The van der Waals surface area contributed by atoms with Crippen LogP contribution in [0.25, 0.3) is 11.6 Å². The quantitative estimate of drug-likeness (QED) is 0.736. The second-order valence-corrected chi connectivity index (χ2v) is 5.71. The number of carbonyl (C=O) groups is 2. The lowest BCUT2D eigenvalue weighted by Crippen LogP contribution is -2.10. The zero-order valence-corrected chi connectivity index (χ0v) is 13.0. The van der Waals surface area contributed by atoms with Crippen LogP contribution < -0.4 is 10.6 Å².